The zero-order valence-electron chi connectivity index (χ0n) is 10.9. The number of ether oxygens (including phenoxy) is 2. The summed E-state index contributed by atoms with van der Waals surface area (Å²) >= 11 is 0. The molecule has 2 atom stereocenters. The second-order valence-electron chi connectivity index (χ2n) is 5.46. The number of para-hydroxylation sites is 1. The molecule has 98 valence electrons. The predicted octanol–water partition coefficient (Wildman–Crippen LogP) is 3.41. The summed E-state index contributed by atoms with van der Waals surface area (Å²) < 4.78 is 12.4. The van der Waals surface area contributed by atoms with E-state index in [1.807, 2.05) is 24.3 Å². The molecule has 1 spiro atoms. The molecular weight excluding hydrogens is 226 g/mol. The maximum absolute atomic E-state index is 6.27. The van der Waals surface area contributed by atoms with Gasteiger partial charge in [0.2, 0.25) is 0 Å². The van der Waals surface area contributed by atoms with Crippen molar-refractivity contribution in [3.05, 3.63) is 29.8 Å². The third-order valence-corrected chi connectivity index (χ3v) is 4.09. The number of benzene rings is 1. The Balaban J connectivity index is 1.84. The van der Waals surface area contributed by atoms with E-state index < -0.39 is 0 Å². The normalized spacial score (nSPS) is 30.7. The van der Waals surface area contributed by atoms with Crippen LogP contribution in [0.1, 0.15) is 50.7 Å². The van der Waals surface area contributed by atoms with Gasteiger partial charge >= 0.3 is 0 Å². The van der Waals surface area contributed by atoms with Crippen LogP contribution in [0.15, 0.2) is 24.3 Å². The molecule has 1 aliphatic carbocycles. The van der Waals surface area contributed by atoms with Crippen molar-refractivity contribution in [3.63, 3.8) is 0 Å². The molecule has 1 saturated carbocycles. The van der Waals surface area contributed by atoms with Gasteiger partial charge in [0.15, 0.2) is 5.79 Å². The molecule has 1 aliphatic heterocycles. The first-order chi connectivity index (χ1) is 8.70. The Morgan fingerprint density at radius 2 is 1.83 bits per heavy atom. The molecule has 2 fully saturated rings. The van der Waals surface area contributed by atoms with Crippen LogP contribution in [0.3, 0.4) is 0 Å². The topological polar surface area (TPSA) is 44.5 Å². The van der Waals surface area contributed by atoms with Crippen molar-refractivity contribution in [2.45, 2.75) is 57.0 Å². The van der Waals surface area contributed by atoms with Gasteiger partial charge in [-0.2, -0.15) is 0 Å². The quantitative estimate of drug-likeness (QED) is 0.773. The standard InChI is InChI=1S/C15H21NO2/c1-11-14(12-7-3-4-8-13(12)16)18-15(17-11)9-5-2-6-10-15/h3-4,7-8,11,14H,2,5-6,9-10,16H2,1H3/t11-,14+/m1/s1. The van der Waals surface area contributed by atoms with Crippen LogP contribution < -0.4 is 5.73 Å². The molecule has 1 heterocycles. The lowest BCUT2D eigenvalue weighted by Crippen LogP contribution is -2.33. The number of hydrogen-bond acceptors (Lipinski definition) is 3. The fourth-order valence-corrected chi connectivity index (χ4v) is 3.17. The molecule has 0 aromatic heterocycles. The van der Waals surface area contributed by atoms with Gasteiger partial charge in [0.25, 0.3) is 0 Å². The van der Waals surface area contributed by atoms with E-state index in [0.717, 1.165) is 24.1 Å². The fourth-order valence-electron chi connectivity index (χ4n) is 3.17. The van der Waals surface area contributed by atoms with Gasteiger partial charge in [-0.25, -0.2) is 0 Å². The smallest absolute Gasteiger partial charge is 0.169 e. The Labute approximate surface area is 108 Å². The van der Waals surface area contributed by atoms with Crippen LogP contribution in [0.2, 0.25) is 0 Å². The second kappa shape index (κ2) is 4.56. The number of hydrogen-bond donors (Lipinski definition) is 1. The van der Waals surface area contributed by atoms with Crippen LogP contribution in [0.5, 0.6) is 0 Å². The number of rotatable bonds is 1. The van der Waals surface area contributed by atoms with Crippen molar-refractivity contribution < 1.29 is 9.47 Å². The van der Waals surface area contributed by atoms with Crippen LogP contribution in [0.25, 0.3) is 0 Å². The Kier molecular flexibility index (Phi) is 3.04. The van der Waals surface area contributed by atoms with Gasteiger partial charge in [-0.15, -0.1) is 0 Å². The van der Waals surface area contributed by atoms with Crippen LogP contribution in [-0.4, -0.2) is 11.9 Å². The Bertz CT molecular complexity index is 426. The highest BCUT2D eigenvalue weighted by molar-refractivity contribution is 5.48. The molecular formula is C15H21NO2. The first kappa shape index (κ1) is 12.0. The summed E-state index contributed by atoms with van der Waals surface area (Å²) in [5.74, 6) is -0.343. The number of nitrogens with two attached hydrogens (primary N) is 1. The summed E-state index contributed by atoms with van der Waals surface area (Å²) in [6.07, 6.45) is 5.77. The molecule has 0 bridgehead atoms. The first-order valence-electron chi connectivity index (χ1n) is 6.90. The summed E-state index contributed by atoms with van der Waals surface area (Å²) in [7, 11) is 0. The molecule has 18 heavy (non-hydrogen) atoms. The zero-order valence-corrected chi connectivity index (χ0v) is 10.9. The molecule has 1 aromatic carbocycles. The highest BCUT2D eigenvalue weighted by Crippen LogP contribution is 2.46. The lowest BCUT2D eigenvalue weighted by molar-refractivity contribution is -0.193. The van der Waals surface area contributed by atoms with E-state index in [2.05, 4.69) is 6.92 Å². The maximum Gasteiger partial charge on any atom is 0.169 e. The van der Waals surface area contributed by atoms with Gasteiger partial charge in [-0.3, -0.25) is 0 Å². The van der Waals surface area contributed by atoms with Crippen LogP contribution in [-0.2, 0) is 9.47 Å². The molecule has 0 unspecified atom stereocenters. The van der Waals surface area contributed by atoms with Gasteiger partial charge < -0.3 is 15.2 Å². The van der Waals surface area contributed by atoms with E-state index in [0.29, 0.717) is 0 Å². The van der Waals surface area contributed by atoms with Crippen molar-refractivity contribution >= 4 is 5.69 Å². The average Bonchev–Trinajstić information content (AvgIpc) is 2.67. The van der Waals surface area contributed by atoms with Crippen molar-refractivity contribution in [3.8, 4) is 0 Å². The van der Waals surface area contributed by atoms with Gasteiger partial charge in [-0.1, -0.05) is 24.6 Å². The molecule has 0 radical (unpaired) electrons. The monoisotopic (exact) mass is 247 g/mol. The summed E-state index contributed by atoms with van der Waals surface area (Å²) in [4.78, 5) is 0. The molecule has 3 nitrogen and oxygen atoms in total. The average molecular weight is 247 g/mol. The Morgan fingerprint density at radius 1 is 1.11 bits per heavy atom. The summed E-state index contributed by atoms with van der Waals surface area (Å²) in [6, 6.07) is 7.93. The molecule has 2 N–H and O–H groups in total. The summed E-state index contributed by atoms with van der Waals surface area (Å²) in [6.45, 7) is 2.08. The molecule has 2 aliphatic rings. The van der Waals surface area contributed by atoms with E-state index >= 15 is 0 Å². The lowest BCUT2D eigenvalue weighted by atomic mass is 9.94. The Morgan fingerprint density at radius 3 is 2.56 bits per heavy atom. The van der Waals surface area contributed by atoms with Crippen molar-refractivity contribution in [2.24, 2.45) is 0 Å². The van der Waals surface area contributed by atoms with Crippen LogP contribution in [0, 0.1) is 0 Å². The molecule has 0 amide bonds. The first-order valence-corrected chi connectivity index (χ1v) is 6.90. The molecule has 3 heteroatoms. The van der Waals surface area contributed by atoms with Crippen LogP contribution in [0.4, 0.5) is 5.69 Å². The molecule has 3 rings (SSSR count). The maximum atomic E-state index is 6.27. The zero-order chi connectivity index (χ0) is 12.6. The highest BCUT2D eigenvalue weighted by atomic mass is 16.8. The minimum Gasteiger partial charge on any atom is -0.398 e. The van der Waals surface area contributed by atoms with E-state index in [1.165, 1.54) is 19.3 Å². The van der Waals surface area contributed by atoms with Crippen molar-refractivity contribution in [2.75, 3.05) is 5.73 Å². The molecule has 1 aromatic rings. The number of anilines is 1. The van der Waals surface area contributed by atoms with Gasteiger partial charge in [0, 0.05) is 24.1 Å². The van der Waals surface area contributed by atoms with Crippen LogP contribution >= 0.6 is 0 Å². The van der Waals surface area contributed by atoms with Crippen molar-refractivity contribution in [1.82, 2.24) is 0 Å². The SMILES string of the molecule is C[C@H]1OC2(CCCCC2)O[C@@H]1c1ccccc1N. The lowest BCUT2D eigenvalue weighted by Gasteiger charge is -2.32. The minimum absolute atomic E-state index is 0.0238. The third kappa shape index (κ3) is 2.02. The number of nitrogen functional groups attached to an aromatic ring is 1. The summed E-state index contributed by atoms with van der Waals surface area (Å²) in [5.41, 5.74) is 7.90. The summed E-state index contributed by atoms with van der Waals surface area (Å²) in [5, 5.41) is 0. The highest BCUT2D eigenvalue weighted by Gasteiger charge is 2.47. The largest absolute Gasteiger partial charge is 0.398 e. The van der Waals surface area contributed by atoms with Gasteiger partial charge in [0.05, 0.1) is 6.10 Å². The third-order valence-electron chi connectivity index (χ3n) is 4.09. The fraction of sp³-hybridized carbons (Fsp3) is 0.600. The van der Waals surface area contributed by atoms with Gasteiger partial charge in [0.1, 0.15) is 6.10 Å². The van der Waals surface area contributed by atoms with E-state index in [9.17, 15) is 0 Å². The van der Waals surface area contributed by atoms with E-state index in [1.54, 1.807) is 0 Å². The molecule has 1 saturated heterocycles. The minimum atomic E-state index is -0.343. The van der Waals surface area contributed by atoms with E-state index in [4.69, 9.17) is 15.2 Å². The predicted molar refractivity (Wildman–Crippen MR) is 71.0 cm³/mol. The second-order valence-corrected chi connectivity index (χ2v) is 5.46. The van der Waals surface area contributed by atoms with Gasteiger partial charge in [-0.05, 0) is 25.8 Å². The van der Waals surface area contributed by atoms with Crippen molar-refractivity contribution in [1.29, 1.82) is 0 Å². The van der Waals surface area contributed by atoms with E-state index in [-0.39, 0.29) is 18.0 Å². The Hall–Kier alpha value is -1.06.